The molecule has 0 bridgehead atoms. The summed E-state index contributed by atoms with van der Waals surface area (Å²) in [7, 11) is -1.63. The summed E-state index contributed by atoms with van der Waals surface area (Å²) < 4.78 is 27.0. The van der Waals surface area contributed by atoms with Gasteiger partial charge in [0, 0.05) is 36.4 Å². The Morgan fingerprint density at radius 2 is 1.69 bits per heavy atom. The third kappa shape index (κ3) is 6.66. The minimum Gasteiger partial charge on any atom is -0.352 e. The highest BCUT2D eigenvalue weighted by atomic mass is 127. The molecule has 1 aromatic heterocycles. The van der Waals surface area contributed by atoms with E-state index in [2.05, 4.69) is 34.7 Å². The van der Waals surface area contributed by atoms with E-state index in [9.17, 15) is 8.42 Å². The molecule has 0 aliphatic carbocycles. The first-order valence-corrected chi connectivity index (χ1v) is 11.8. The van der Waals surface area contributed by atoms with Crippen molar-refractivity contribution in [3.05, 3.63) is 51.7 Å². The molecular weight excluding hydrogens is 519 g/mol. The van der Waals surface area contributed by atoms with E-state index in [-0.39, 0.29) is 24.0 Å². The zero-order valence-corrected chi connectivity index (χ0v) is 20.8. The van der Waals surface area contributed by atoms with Crippen LogP contribution < -0.4 is 10.6 Å². The number of benzene rings is 1. The maximum atomic E-state index is 12.7. The van der Waals surface area contributed by atoms with Crippen molar-refractivity contribution in [2.24, 2.45) is 4.99 Å². The summed E-state index contributed by atoms with van der Waals surface area (Å²) in [4.78, 5) is 7.16. The van der Waals surface area contributed by atoms with Gasteiger partial charge in [-0.15, -0.1) is 35.3 Å². The number of hydrogen-bond acceptors (Lipinski definition) is 4. The highest BCUT2D eigenvalue weighted by Crippen LogP contribution is 2.21. The van der Waals surface area contributed by atoms with E-state index in [1.165, 1.54) is 9.75 Å². The van der Waals surface area contributed by atoms with E-state index in [0.717, 1.165) is 37.3 Å². The fourth-order valence-corrected chi connectivity index (χ4v) is 5.54. The topological polar surface area (TPSA) is 73.8 Å². The van der Waals surface area contributed by atoms with Gasteiger partial charge in [-0.05, 0) is 49.6 Å². The van der Waals surface area contributed by atoms with Crippen LogP contribution in [-0.4, -0.2) is 38.8 Å². The number of guanidine groups is 1. The summed E-state index contributed by atoms with van der Waals surface area (Å²) in [5.41, 5.74) is 1.01. The summed E-state index contributed by atoms with van der Waals surface area (Å²) in [6.07, 6.45) is 2.99. The van der Waals surface area contributed by atoms with Gasteiger partial charge in [0.25, 0.3) is 0 Å². The van der Waals surface area contributed by atoms with Crippen molar-refractivity contribution in [1.29, 1.82) is 0 Å². The third-order valence-corrected chi connectivity index (χ3v) is 7.70. The lowest BCUT2D eigenvalue weighted by Gasteiger charge is -2.25. The van der Waals surface area contributed by atoms with E-state index in [0.29, 0.717) is 24.5 Å². The Morgan fingerprint density at radius 1 is 1.03 bits per heavy atom. The van der Waals surface area contributed by atoms with Gasteiger partial charge in [0.15, 0.2) is 5.96 Å². The normalized spacial score (nSPS) is 15.6. The molecule has 6 nitrogen and oxygen atoms in total. The van der Waals surface area contributed by atoms with Crippen LogP contribution in [0.1, 0.15) is 34.6 Å². The van der Waals surface area contributed by atoms with Crippen LogP contribution in [0.4, 0.5) is 0 Å². The summed E-state index contributed by atoms with van der Waals surface area (Å²) in [6, 6.07) is 11.3. The minimum absolute atomic E-state index is 0. The minimum atomic E-state index is -3.37. The number of halogens is 1. The van der Waals surface area contributed by atoms with Crippen molar-refractivity contribution in [2.45, 2.75) is 44.2 Å². The van der Waals surface area contributed by atoms with Crippen LogP contribution in [0.2, 0.25) is 0 Å². The number of piperidine rings is 1. The first kappa shape index (κ1) is 24.1. The molecule has 1 aliphatic heterocycles. The van der Waals surface area contributed by atoms with Crippen LogP contribution in [0.15, 0.2) is 46.3 Å². The molecule has 0 radical (unpaired) electrons. The largest absolute Gasteiger partial charge is 0.352 e. The molecular formula is C20H29IN4O2S2. The first-order chi connectivity index (χ1) is 13.5. The molecule has 0 spiro atoms. The van der Waals surface area contributed by atoms with Gasteiger partial charge in [0.05, 0.1) is 11.4 Å². The van der Waals surface area contributed by atoms with Gasteiger partial charge in [0.1, 0.15) is 0 Å². The number of hydrogen-bond donors (Lipinski definition) is 2. The van der Waals surface area contributed by atoms with Crippen molar-refractivity contribution in [2.75, 3.05) is 20.1 Å². The Morgan fingerprint density at radius 3 is 2.28 bits per heavy atom. The third-order valence-electron chi connectivity index (χ3n) is 4.79. The lowest BCUT2D eigenvalue weighted by Crippen LogP contribution is -2.36. The fourth-order valence-electron chi connectivity index (χ4n) is 3.19. The molecule has 9 heteroatoms. The zero-order chi connectivity index (χ0) is 20.0. The monoisotopic (exact) mass is 548 g/mol. The molecule has 0 atom stereocenters. The molecule has 3 rings (SSSR count). The fraction of sp³-hybridized carbons (Fsp3) is 0.450. The number of nitrogens with zero attached hydrogens (tertiary/aromatic N) is 2. The van der Waals surface area contributed by atoms with E-state index in [1.54, 1.807) is 34.8 Å². The van der Waals surface area contributed by atoms with Gasteiger partial charge in [-0.2, -0.15) is 4.31 Å². The summed E-state index contributed by atoms with van der Waals surface area (Å²) >= 11 is 1.76. The average Bonchev–Trinajstić information content (AvgIpc) is 3.14. The van der Waals surface area contributed by atoms with Gasteiger partial charge in [-0.3, -0.25) is 4.99 Å². The number of rotatable bonds is 6. The molecule has 0 unspecified atom stereocenters. The van der Waals surface area contributed by atoms with E-state index in [4.69, 9.17) is 0 Å². The molecule has 2 N–H and O–H groups in total. The van der Waals surface area contributed by atoms with Crippen LogP contribution >= 0.6 is 35.3 Å². The van der Waals surface area contributed by atoms with Crippen molar-refractivity contribution >= 4 is 51.3 Å². The summed E-state index contributed by atoms with van der Waals surface area (Å²) in [5, 5.41) is 6.56. The molecule has 2 aromatic rings. The highest BCUT2D eigenvalue weighted by molar-refractivity contribution is 14.0. The smallest absolute Gasteiger partial charge is 0.243 e. The molecule has 1 aromatic carbocycles. The predicted molar refractivity (Wildman–Crippen MR) is 131 cm³/mol. The van der Waals surface area contributed by atoms with Gasteiger partial charge < -0.3 is 10.6 Å². The van der Waals surface area contributed by atoms with Gasteiger partial charge in [0.2, 0.25) is 10.0 Å². The second kappa shape index (κ2) is 11.3. The second-order valence-corrected chi connectivity index (χ2v) is 10.2. The first-order valence-electron chi connectivity index (χ1n) is 9.58. The number of aliphatic imine (C=N–C) groups is 1. The average molecular weight is 549 g/mol. The molecule has 2 heterocycles. The molecule has 1 saturated heterocycles. The molecule has 29 heavy (non-hydrogen) atoms. The highest BCUT2D eigenvalue weighted by Gasteiger charge is 2.25. The molecule has 1 aliphatic rings. The quantitative estimate of drug-likeness (QED) is 0.328. The summed E-state index contributed by atoms with van der Waals surface area (Å²) in [5.74, 6) is 0.719. The number of sulfonamides is 1. The second-order valence-electron chi connectivity index (χ2n) is 6.90. The molecule has 160 valence electrons. The van der Waals surface area contributed by atoms with Crippen LogP contribution in [0.25, 0.3) is 0 Å². The molecule has 0 amide bonds. The Bertz CT molecular complexity index is 905. The Hall–Kier alpha value is -1.17. The molecule has 0 saturated carbocycles. The van der Waals surface area contributed by atoms with Crippen molar-refractivity contribution in [1.82, 2.24) is 14.9 Å². The van der Waals surface area contributed by atoms with Gasteiger partial charge in [-0.25, -0.2) is 8.42 Å². The number of aryl methyl sites for hydroxylation is 1. The SMILES string of the molecule is CN=C(NCc1ccc(S(=O)(=O)N2CCCCC2)cc1)NCc1ccc(C)s1.I. The van der Waals surface area contributed by atoms with Crippen LogP contribution in [0.5, 0.6) is 0 Å². The van der Waals surface area contributed by atoms with Crippen molar-refractivity contribution in [3.63, 3.8) is 0 Å². The maximum Gasteiger partial charge on any atom is 0.243 e. The lowest BCUT2D eigenvalue weighted by molar-refractivity contribution is 0.346. The van der Waals surface area contributed by atoms with Crippen LogP contribution in [0.3, 0.4) is 0 Å². The number of nitrogens with one attached hydrogen (secondary N) is 2. The Labute approximate surface area is 194 Å². The van der Waals surface area contributed by atoms with E-state index in [1.807, 2.05) is 12.1 Å². The van der Waals surface area contributed by atoms with Crippen molar-refractivity contribution < 1.29 is 8.42 Å². The standard InChI is InChI=1S/C20H28N4O2S2.HI/c1-16-6-9-18(27-16)15-23-20(21-2)22-14-17-7-10-19(11-8-17)28(25,26)24-12-4-3-5-13-24;/h6-11H,3-5,12-15H2,1-2H3,(H2,21,22,23);1H. The zero-order valence-electron chi connectivity index (χ0n) is 16.8. The predicted octanol–water partition coefficient (Wildman–Crippen LogP) is 3.71. The Balaban J connectivity index is 0.00000300. The van der Waals surface area contributed by atoms with E-state index >= 15 is 0 Å². The Kier molecular flexibility index (Phi) is 9.38. The van der Waals surface area contributed by atoms with Crippen molar-refractivity contribution in [3.8, 4) is 0 Å². The van der Waals surface area contributed by atoms with Crippen LogP contribution in [-0.2, 0) is 23.1 Å². The van der Waals surface area contributed by atoms with Crippen LogP contribution in [0, 0.1) is 6.92 Å². The van der Waals surface area contributed by atoms with Gasteiger partial charge in [-0.1, -0.05) is 18.6 Å². The lowest BCUT2D eigenvalue weighted by atomic mass is 10.2. The maximum absolute atomic E-state index is 12.7. The molecule has 1 fully saturated rings. The summed E-state index contributed by atoms with van der Waals surface area (Å²) in [6.45, 7) is 4.64. The van der Waals surface area contributed by atoms with Gasteiger partial charge >= 0.3 is 0 Å². The van der Waals surface area contributed by atoms with E-state index < -0.39 is 10.0 Å². The number of thiophene rings is 1.